The van der Waals surface area contributed by atoms with E-state index in [-0.39, 0.29) is 49.0 Å². The average Bonchev–Trinajstić information content (AvgIpc) is 2.55. The van der Waals surface area contributed by atoms with Crippen molar-refractivity contribution in [2.75, 3.05) is 59.9 Å². The summed E-state index contributed by atoms with van der Waals surface area (Å²) in [5, 5.41) is 9.08. The highest BCUT2D eigenvalue weighted by molar-refractivity contribution is 14.0. The number of amides is 1. The fourth-order valence-electron chi connectivity index (χ4n) is 2.75. The molecule has 0 spiro atoms. The molecule has 0 aromatic rings. The summed E-state index contributed by atoms with van der Waals surface area (Å²) in [5.41, 5.74) is 0. The Morgan fingerprint density at radius 1 is 1.30 bits per heavy atom. The van der Waals surface area contributed by atoms with Gasteiger partial charge in [-0.15, -0.1) is 24.0 Å². The first kappa shape index (κ1) is 26.2. The van der Waals surface area contributed by atoms with Crippen molar-refractivity contribution in [1.82, 2.24) is 25.8 Å². The van der Waals surface area contributed by atoms with Crippen LogP contribution in [0.5, 0.6) is 0 Å². The number of hydrogen-bond donors (Lipinski definition) is 3. The smallest absolute Gasteiger partial charge is 0.358 e. The summed E-state index contributed by atoms with van der Waals surface area (Å²) < 4.78 is 37.0. The number of rotatable bonds is 8. The third-order valence-electron chi connectivity index (χ3n) is 4.12. The highest BCUT2D eigenvalue weighted by Gasteiger charge is 2.28. The molecule has 1 amide bonds. The Balaban J connectivity index is 0.00000676. The molecule has 160 valence electrons. The zero-order chi connectivity index (χ0) is 19.6. The second-order valence-electron chi connectivity index (χ2n) is 6.48. The van der Waals surface area contributed by atoms with E-state index in [4.69, 9.17) is 0 Å². The van der Waals surface area contributed by atoms with Crippen LogP contribution in [0, 0.1) is 0 Å². The van der Waals surface area contributed by atoms with Crippen LogP contribution >= 0.6 is 24.0 Å². The van der Waals surface area contributed by atoms with Gasteiger partial charge in [-0.2, -0.15) is 13.2 Å². The number of nitrogens with zero attached hydrogens (tertiary/aromatic N) is 3. The van der Waals surface area contributed by atoms with Crippen molar-refractivity contribution in [2.24, 2.45) is 4.99 Å². The van der Waals surface area contributed by atoms with E-state index in [2.05, 4.69) is 25.8 Å². The maximum absolute atomic E-state index is 12.3. The predicted molar refractivity (Wildman–Crippen MR) is 112 cm³/mol. The second-order valence-corrected chi connectivity index (χ2v) is 6.48. The first-order valence-electron chi connectivity index (χ1n) is 8.96. The maximum atomic E-state index is 12.3. The van der Waals surface area contributed by atoms with Gasteiger partial charge >= 0.3 is 6.18 Å². The average molecular weight is 508 g/mol. The van der Waals surface area contributed by atoms with Gasteiger partial charge < -0.3 is 16.0 Å². The van der Waals surface area contributed by atoms with E-state index in [1.54, 1.807) is 7.05 Å². The van der Waals surface area contributed by atoms with Crippen LogP contribution < -0.4 is 16.0 Å². The molecule has 0 unspecified atom stereocenters. The Labute approximate surface area is 176 Å². The standard InChI is InChI=1S/C16H31F3N6O.HI/c1-4-21-15(22-7-10-24(3)12-16(17,18)19)23-13-5-8-25(9-6-13)11-14(26)20-2;/h13H,4-12H2,1-3H3,(H,20,26)(H2,21,22,23);1H. The molecule has 1 rings (SSSR count). The van der Waals surface area contributed by atoms with Crippen molar-refractivity contribution in [3.8, 4) is 0 Å². The van der Waals surface area contributed by atoms with Gasteiger partial charge in [0.15, 0.2) is 5.96 Å². The molecule has 11 heteroatoms. The summed E-state index contributed by atoms with van der Waals surface area (Å²) >= 11 is 0. The zero-order valence-electron chi connectivity index (χ0n) is 16.2. The van der Waals surface area contributed by atoms with Gasteiger partial charge in [-0.3, -0.25) is 19.6 Å². The van der Waals surface area contributed by atoms with Crippen molar-refractivity contribution >= 4 is 35.8 Å². The van der Waals surface area contributed by atoms with Crippen LogP contribution in [-0.2, 0) is 4.79 Å². The molecular formula is C16H32F3IN6O. The number of nitrogens with one attached hydrogen (secondary N) is 3. The lowest BCUT2D eigenvalue weighted by molar-refractivity contribution is -0.142. The lowest BCUT2D eigenvalue weighted by atomic mass is 10.1. The van der Waals surface area contributed by atoms with Gasteiger partial charge in [0.1, 0.15) is 0 Å². The molecule has 0 aliphatic carbocycles. The number of carbonyl (C=O) groups is 1. The van der Waals surface area contributed by atoms with Gasteiger partial charge in [-0.1, -0.05) is 0 Å². The van der Waals surface area contributed by atoms with Crippen molar-refractivity contribution in [2.45, 2.75) is 32.0 Å². The molecule has 0 aromatic heterocycles. The maximum Gasteiger partial charge on any atom is 0.401 e. The van der Waals surface area contributed by atoms with E-state index in [1.807, 2.05) is 6.92 Å². The van der Waals surface area contributed by atoms with Crippen LogP contribution in [0.4, 0.5) is 13.2 Å². The Morgan fingerprint density at radius 3 is 2.44 bits per heavy atom. The molecule has 1 saturated heterocycles. The van der Waals surface area contributed by atoms with E-state index in [0.29, 0.717) is 19.0 Å². The van der Waals surface area contributed by atoms with Crippen LogP contribution in [0.15, 0.2) is 4.99 Å². The van der Waals surface area contributed by atoms with Crippen LogP contribution in [-0.4, -0.2) is 93.8 Å². The molecule has 1 fully saturated rings. The number of aliphatic imine (C=N–C) groups is 1. The first-order valence-corrected chi connectivity index (χ1v) is 8.96. The minimum absolute atomic E-state index is 0. The normalized spacial score (nSPS) is 16.8. The molecule has 1 aliphatic heterocycles. The van der Waals surface area contributed by atoms with Crippen molar-refractivity contribution < 1.29 is 18.0 Å². The number of alkyl halides is 3. The van der Waals surface area contributed by atoms with Crippen LogP contribution in [0.25, 0.3) is 0 Å². The summed E-state index contributed by atoms with van der Waals surface area (Å²) in [7, 11) is 3.06. The molecule has 0 saturated carbocycles. The Hall–Kier alpha value is -0.820. The second kappa shape index (κ2) is 13.4. The molecule has 0 radical (unpaired) electrons. The fourth-order valence-corrected chi connectivity index (χ4v) is 2.75. The lowest BCUT2D eigenvalue weighted by Gasteiger charge is -2.32. The minimum Gasteiger partial charge on any atom is -0.358 e. The molecule has 0 aromatic carbocycles. The molecule has 0 bridgehead atoms. The van der Waals surface area contributed by atoms with Gasteiger partial charge in [-0.05, 0) is 26.8 Å². The third-order valence-corrected chi connectivity index (χ3v) is 4.12. The largest absolute Gasteiger partial charge is 0.401 e. The number of guanidine groups is 1. The number of carbonyl (C=O) groups excluding carboxylic acids is 1. The Bertz CT molecular complexity index is 456. The van der Waals surface area contributed by atoms with Crippen molar-refractivity contribution in [1.29, 1.82) is 0 Å². The lowest BCUT2D eigenvalue weighted by Crippen LogP contribution is -2.50. The third kappa shape index (κ3) is 12.3. The fraction of sp³-hybridized carbons (Fsp3) is 0.875. The van der Waals surface area contributed by atoms with E-state index in [0.717, 1.165) is 25.9 Å². The molecular weight excluding hydrogens is 476 g/mol. The Morgan fingerprint density at radius 2 is 1.93 bits per heavy atom. The van der Waals surface area contributed by atoms with Gasteiger partial charge in [0.25, 0.3) is 0 Å². The Kier molecular flexibility index (Phi) is 13.0. The van der Waals surface area contributed by atoms with E-state index in [9.17, 15) is 18.0 Å². The van der Waals surface area contributed by atoms with Gasteiger partial charge in [0.2, 0.25) is 5.91 Å². The topological polar surface area (TPSA) is 72.0 Å². The van der Waals surface area contributed by atoms with Gasteiger partial charge in [-0.25, -0.2) is 0 Å². The number of hydrogen-bond acceptors (Lipinski definition) is 4. The highest BCUT2D eigenvalue weighted by Crippen LogP contribution is 2.15. The SMILES string of the molecule is CCNC(=NCCN(C)CC(F)(F)F)NC1CCN(CC(=O)NC)CC1.I. The van der Waals surface area contributed by atoms with Gasteiger partial charge in [0, 0.05) is 39.3 Å². The summed E-state index contributed by atoms with van der Waals surface area (Å²) in [6, 6.07) is 0.238. The number of likely N-dealkylation sites (N-methyl/N-ethyl adjacent to an activating group) is 2. The summed E-state index contributed by atoms with van der Waals surface area (Å²) in [5.74, 6) is 0.631. The number of likely N-dealkylation sites (tertiary alicyclic amines) is 1. The molecule has 0 atom stereocenters. The summed E-state index contributed by atoms with van der Waals surface area (Å²) in [4.78, 5) is 19.1. The quantitative estimate of drug-likeness (QED) is 0.258. The van der Waals surface area contributed by atoms with Crippen LogP contribution in [0.3, 0.4) is 0 Å². The van der Waals surface area contributed by atoms with Crippen molar-refractivity contribution in [3.05, 3.63) is 0 Å². The predicted octanol–water partition coefficient (Wildman–Crippen LogP) is 0.864. The first-order chi connectivity index (χ1) is 12.2. The van der Waals surface area contributed by atoms with Crippen molar-refractivity contribution in [3.63, 3.8) is 0 Å². The summed E-state index contributed by atoms with van der Waals surface area (Å²) in [6.45, 7) is 4.26. The monoisotopic (exact) mass is 508 g/mol. The number of halogens is 4. The zero-order valence-corrected chi connectivity index (χ0v) is 18.6. The number of piperidine rings is 1. The molecule has 7 nitrogen and oxygen atoms in total. The van der Waals surface area contributed by atoms with E-state index in [1.165, 1.54) is 11.9 Å². The molecule has 1 aliphatic rings. The van der Waals surface area contributed by atoms with E-state index >= 15 is 0 Å². The molecule has 3 N–H and O–H groups in total. The minimum atomic E-state index is -4.19. The molecule has 27 heavy (non-hydrogen) atoms. The highest BCUT2D eigenvalue weighted by atomic mass is 127. The van der Waals surface area contributed by atoms with Crippen LogP contribution in [0.2, 0.25) is 0 Å². The van der Waals surface area contributed by atoms with E-state index < -0.39 is 12.7 Å². The van der Waals surface area contributed by atoms with Crippen LogP contribution in [0.1, 0.15) is 19.8 Å². The summed E-state index contributed by atoms with van der Waals surface area (Å²) in [6.07, 6.45) is -2.42. The van der Waals surface area contributed by atoms with Gasteiger partial charge in [0.05, 0.1) is 19.6 Å². The molecule has 1 heterocycles.